The molecule has 0 amide bonds. The molecule has 0 bridgehead atoms. The van der Waals surface area contributed by atoms with Crippen molar-refractivity contribution in [2.75, 3.05) is 51.9 Å². The van der Waals surface area contributed by atoms with Crippen molar-refractivity contribution in [3.63, 3.8) is 0 Å². The SMILES string of the molecule is COc1cc2ncnc(Nc3ccc4c(c3)CCC4)c2cc1OCCCN1CCOCC1.Cl. The summed E-state index contributed by atoms with van der Waals surface area (Å²) in [5, 5.41) is 4.40. The predicted octanol–water partition coefficient (Wildman–Crippen LogP) is 4.39. The molecule has 1 aliphatic heterocycles. The maximum atomic E-state index is 6.13. The Balaban J connectivity index is 0.00000259. The smallest absolute Gasteiger partial charge is 0.162 e. The summed E-state index contributed by atoms with van der Waals surface area (Å²) in [6, 6.07) is 10.5. The number of morpholine rings is 1. The minimum atomic E-state index is 0. The van der Waals surface area contributed by atoms with Crippen molar-refractivity contribution in [2.24, 2.45) is 0 Å². The van der Waals surface area contributed by atoms with Crippen LogP contribution in [0, 0.1) is 0 Å². The van der Waals surface area contributed by atoms with E-state index in [0.717, 1.165) is 68.1 Å². The lowest BCUT2D eigenvalue weighted by Gasteiger charge is -2.26. The highest BCUT2D eigenvalue weighted by Gasteiger charge is 2.15. The number of hydrogen-bond acceptors (Lipinski definition) is 7. The molecule has 3 aromatic rings. The molecule has 1 aliphatic carbocycles. The van der Waals surface area contributed by atoms with Gasteiger partial charge in [-0.2, -0.15) is 0 Å². The zero-order valence-corrected chi connectivity index (χ0v) is 19.8. The number of fused-ring (bicyclic) bond motifs is 2. The lowest BCUT2D eigenvalue weighted by atomic mass is 10.1. The molecule has 1 fully saturated rings. The van der Waals surface area contributed by atoms with E-state index < -0.39 is 0 Å². The average Bonchev–Trinajstić information content (AvgIpc) is 3.30. The lowest BCUT2D eigenvalue weighted by Crippen LogP contribution is -2.37. The van der Waals surface area contributed by atoms with Crippen molar-refractivity contribution < 1.29 is 14.2 Å². The van der Waals surface area contributed by atoms with Crippen LogP contribution < -0.4 is 14.8 Å². The third kappa shape index (κ3) is 5.49. The second-order valence-electron chi connectivity index (χ2n) is 8.36. The Kier molecular flexibility index (Phi) is 7.85. The highest BCUT2D eigenvalue weighted by Crippen LogP contribution is 2.35. The van der Waals surface area contributed by atoms with Crippen molar-refractivity contribution in [1.82, 2.24) is 14.9 Å². The number of anilines is 2. The first kappa shape index (κ1) is 23.5. The van der Waals surface area contributed by atoms with Crippen LogP contribution in [0.25, 0.3) is 10.9 Å². The predicted molar refractivity (Wildman–Crippen MR) is 132 cm³/mol. The third-order valence-electron chi connectivity index (χ3n) is 6.26. The van der Waals surface area contributed by atoms with Crippen LogP contribution in [0.2, 0.25) is 0 Å². The zero-order valence-electron chi connectivity index (χ0n) is 19.0. The Labute approximate surface area is 200 Å². The minimum absolute atomic E-state index is 0. The molecule has 2 aliphatic rings. The molecule has 0 spiro atoms. The van der Waals surface area contributed by atoms with Crippen LogP contribution in [0.15, 0.2) is 36.7 Å². The molecule has 1 saturated heterocycles. The van der Waals surface area contributed by atoms with Gasteiger partial charge in [-0.1, -0.05) is 6.07 Å². The van der Waals surface area contributed by atoms with Gasteiger partial charge >= 0.3 is 0 Å². The second-order valence-corrected chi connectivity index (χ2v) is 8.36. The van der Waals surface area contributed by atoms with Gasteiger partial charge in [-0.25, -0.2) is 9.97 Å². The normalized spacial score (nSPS) is 15.7. The largest absolute Gasteiger partial charge is 0.493 e. The average molecular weight is 471 g/mol. The lowest BCUT2D eigenvalue weighted by molar-refractivity contribution is 0.0357. The van der Waals surface area contributed by atoms with Crippen molar-refractivity contribution in [3.8, 4) is 11.5 Å². The van der Waals surface area contributed by atoms with Crippen LogP contribution in [0.3, 0.4) is 0 Å². The van der Waals surface area contributed by atoms with Crippen LogP contribution in [0.5, 0.6) is 11.5 Å². The third-order valence-corrected chi connectivity index (χ3v) is 6.26. The number of rotatable bonds is 8. The van der Waals surface area contributed by atoms with E-state index in [2.05, 4.69) is 38.4 Å². The molecule has 2 heterocycles. The number of ether oxygens (including phenoxy) is 3. The van der Waals surface area contributed by atoms with Crippen molar-refractivity contribution in [2.45, 2.75) is 25.7 Å². The molecule has 0 atom stereocenters. The molecule has 1 N–H and O–H groups in total. The summed E-state index contributed by atoms with van der Waals surface area (Å²) in [6.45, 7) is 5.26. The van der Waals surface area contributed by atoms with Gasteiger partial charge in [0.1, 0.15) is 12.1 Å². The fourth-order valence-electron chi connectivity index (χ4n) is 4.52. The fraction of sp³-hybridized carbons (Fsp3) is 0.440. The molecule has 8 heteroatoms. The summed E-state index contributed by atoms with van der Waals surface area (Å²) in [5.74, 6) is 2.17. The van der Waals surface area contributed by atoms with Gasteiger partial charge in [0.25, 0.3) is 0 Å². The first-order chi connectivity index (χ1) is 15.8. The Morgan fingerprint density at radius 2 is 1.88 bits per heavy atom. The van der Waals surface area contributed by atoms with Gasteiger partial charge in [0.2, 0.25) is 0 Å². The molecular formula is C25H31ClN4O3. The standard InChI is InChI=1S/C25H30N4O3.ClH/c1-30-23-16-22-21(15-24(23)32-11-3-8-29-9-12-31-13-10-29)25(27-17-26-22)28-20-7-6-18-4-2-5-19(18)14-20;/h6-7,14-17H,2-5,8-13H2,1H3,(H,26,27,28);1H. The molecule has 1 aromatic heterocycles. The summed E-state index contributed by atoms with van der Waals surface area (Å²) in [4.78, 5) is 11.4. The van der Waals surface area contributed by atoms with E-state index in [9.17, 15) is 0 Å². The Morgan fingerprint density at radius 3 is 2.73 bits per heavy atom. The van der Waals surface area contributed by atoms with Gasteiger partial charge in [-0.15, -0.1) is 12.4 Å². The topological polar surface area (TPSA) is 68.7 Å². The van der Waals surface area contributed by atoms with Crippen molar-refractivity contribution in [1.29, 1.82) is 0 Å². The van der Waals surface area contributed by atoms with Gasteiger partial charge in [0.05, 0.1) is 32.4 Å². The van der Waals surface area contributed by atoms with Crippen LogP contribution in [-0.4, -0.2) is 61.4 Å². The molecule has 33 heavy (non-hydrogen) atoms. The molecule has 0 radical (unpaired) electrons. The summed E-state index contributed by atoms with van der Waals surface area (Å²) >= 11 is 0. The molecule has 7 nitrogen and oxygen atoms in total. The molecular weight excluding hydrogens is 440 g/mol. The Morgan fingerprint density at radius 1 is 1.03 bits per heavy atom. The number of hydrogen-bond donors (Lipinski definition) is 1. The van der Waals surface area contributed by atoms with Crippen LogP contribution in [0.4, 0.5) is 11.5 Å². The first-order valence-corrected chi connectivity index (χ1v) is 11.4. The Hall–Kier alpha value is -2.61. The number of benzene rings is 2. The van der Waals surface area contributed by atoms with E-state index in [1.165, 1.54) is 24.0 Å². The van der Waals surface area contributed by atoms with Gasteiger partial charge in [-0.3, -0.25) is 4.90 Å². The molecule has 0 saturated carbocycles. The fourth-order valence-corrected chi connectivity index (χ4v) is 4.52. The van der Waals surface area contributed by atoms with E-state index in [1.54, 1.807) is 13.4 Å². The quantitative estimate of drug-likeness (QED) is 0.489. The number of aromatic nitrogens is 2. The Bertz CT molecular complexity index is 1090. The highest BCUT2D eigenvalue weighted by atomic mass is 35.5. The van der Waals surface area contributed by atoms with Gasteiger partial charge in [0.15, 0.2) is 11.5 Å². The van der Waals surface area contributed by atoms with Crippen molar-refractivity contribution in [3.05, 3.63) is 47.8 Å². The molecule has 0 unspecified atom stereocenters. The summed E-state index contributed by atoms with van der Waals surface area (Å²) in [6.07, 6.45) is 6.10. The van der Waals surface area contributed by atoms with Gasteiger partial charge in [-0.05, 0) is 55.0 Å². The van der Waals surface area contributed by atoms with E-state index in [1.807, 2.05) is 12.1 Å². The van der Waals surface area contributed by atoms with Crippen LogP contribution >= 0.6 is 12.4 Å². The number of nitrogens with zero attached hydrogens (tertiary/aromatic N) is 3. The highest BCUT2D eigenvalue weighted by molar-refractivity contribution is 5.93. The van der Waals surface area contributed by atoms with Crippen molar-refractivity contribution >= 4 is 34.8 Å². The monoisotopic (exact) mass is 470 g/mol. The number of methoxy groups -OCH3 is 1. The zero-order chi connectivity index (χ0) is 21.8. The first-order valence-electron chi connectivity index (χ1n) is 11.4. The summed E-state index contributed by atoms with van der Waals surface area (Å²) in [7, 11) is 1.66. The van der Waals surface area contributed by atoms with Gasteiger partial charge < -0.3 is 19.5 Å². The van der Waals surface area contributed by atoms with Crippen LogP contribution in [0.1, 0.15) is 24.0 Å². The van der Waals surface area contributed by atoms with E-state index in [-0.39, 0.29) is 12.4 Å². The van der Waals surface area contributed by atoms with E-state index in [0.29, 0.717) is 18.1 Å². The maximum absolute atomic E-state index is 6.13. The number of halogens is 1. The number of aryl methyl sites for hydroxylation is 2. The molecule has 5 rings (SSSR count). The van der Waals surface area contributed by atoms with E-state index in [4.69, 9.17) is 14.2 Å². The van der Waals surface area contributed by atoms with Gasteiger partial charge in [0, 0.05) is 36.8 Å². The second kappa shape index (κ2) is 11.0. The molecule has 176 valence electrons. The summed E-state index contributed by atoms with van der Waals surface area (Å²) in [5.41, 5.74) is 4.76. The summed E-state index contributed by atoms with van der Waals surface area (Å²) < 4.78 is 17.1. The molecule has 2 aromatic carbocycles. The number of nitrogens with one attached hydrogen (secondary N) is 1. The van der Waals surface area contributed by atoms with Crippen LogP contribution in [-0.2, 0) is 17.6 Å². The minimum Gasteiger partial charge on any atom is -0.493 e. The van der Waals surface area contributed by atoms with E-state index >= 15 is 0 Å². The maximum Gasteiger partial charge on any atom is 0.162 e.